The quantitative estimate of drug-likeness (QED) is 0.616. The van der Waals surface area contributed by atoms with E-state index in [0.717, 1.165) is 23.0 Å². The zero-order chi connectivity index (χ0) is 8.27. The van der Waals surface area contributed by atoms with E-state index in [9.17, 15) is 4.79 Å². The Labute approximate surface area is 76.3 Å². The first-order chi connectivity index (χ1) is 5.25. The largest absolute Gasteiger partial charge is 0.298 e. The van der Waals surface area contributed by atoms with Crippen LogP contribution in [0.2, 0.25) is 0 Å². The third-order valence-corrected chi connectivity index (χ3v) is 2.96. The Kier molecular flexibility index (Phi) is 3.33. The van der Waals surface area contributed by atoms with Crippen molar-refractivity contribution < 1.29 is 4.79 Å². The SMILES string of the molecule is CCCN1C(=O)CCSC1=S. The number of hydrogen-bond donors (Lipinski definition) is 0. The Balaban J connectivity index is 2.55. The average Bonchev–Trinajstić information content (AvgIpc) is 1.97. The first-order valence-electron chi connectivity index (χ1n) is 3.73. The van der Waals surface area contributed by atoms with Crippen LogP contribution in [0.1, 0.15) is 19.8 Å². The molecule has 1 saturated heterocycles. The maximum absolute atomic E-state index is 11.2. The van der Waals surface area contributed by atoms with Crippen molar-refractivity contribution in [2.24, 2.45) is 0 Å². The zero-order valence-corrected chi connectivity index (χ0v) is 8.13. The van der Waals surface area contributed by atoms with Gasteiger partial charge in [-0.3, -0.25) is 9.69 Å². The Morgan fingerprint density at radius 3 is 3.00 bits per heavy atom. The summed E-state index contributed by atoms with van der Waals surface area (Å²) in [5.74, 6) is 1.05. The molecule has 1 rings (SSSR count). The lowest BCUT2D eigenvalue weighted by atomic mass is 10.3. The van der Waals surface area contributed by atoms with Crippen LogP contribution in [0.4, 0.5) is 0 Å². The Morgan fingerprint density at radius 2 is 2.45 bits per heavy atom. The molecule has 0 aromatic carbocycles. The van der Waals surface area contributed by atoms with E-state index in [0.29, 0.717) is 6.42 Å². The van der Waals surface area contributed by atoms with E-state index in [1.807, 2.05) is 0 Å². The van der Waals surface area contributed by atoms with Gasteiger partial charge in [-0.2, -0.15) is 0 Å². The van der Waals surface area contributed by atoms with E-state index in [4.69, 9.17) is 12.2 Å². The molecule has 62 valence electrons. The second-order valence-electron chi connectivity index (χ2n) is 2.41. The zero-order valence-electron chi connectivity index (χ0n) is 6.50. The van der Waals surface area contributed by atoms with E-state index in [1.165, 1.54) is 0 Å². The second kappa shape index (κ2) is 4.07. The number of nitrogens with zero attached hydrogens (tertiary/aromatic N) is 1. The average molecular weight is 189 g/mol. The normalized spacial score (nSPS) is 19.2. The van der Waals surface area contributed by atoms with Gasteiger partial charge in [0.15, 0.2) is 0 Å². The van der Waals surface area contributed by atoms with Crippen LogP contribution in [0, 0.1) is 0 Å². The highest BCUT2D eigenvalue weighted by Gasteiger charge is 2.21. The van der Waals surface area contributed by atoms with Crippen molar-refractivity contribution in [3.63, 3.8) is 0 Å². The van der Waals surface area contributed by atoms with Gasteiger partial charge in [-0.05, 0) is 6.42 Å². The summed E-state index contributed by atoms with van der Waals surface area (Å²) in [6.45, 7) is 2.83. The lowest BCUT2D eigenvalue weighted by Gasteiger charge is -2.25. The van der Waals surface area contributed by atoms with Crippen LogP contribution >= 0.6 is 24.0 Å². The van der Waals surface area contributed by atoms with Gasteiger partial charge in [-0.25, -0.2) is 0 Å². The Morgan fingerprint density at radius 1 is 1.73 bits per heavy atom. The number of thioether (sulfide) groups is 1. The number of thiocarbonyl (C=S) groups is 1. The molecule has 0 aliphatic carbocycles. The molecule has 1 heterocycles. The first-order valence-corrected chi connectivity index (χ1v) is 5.12. The molecule has 4 heteroatoms. The summed E-state index contributed by atoms with van der Waals surface area (Å²) in [6, 6.07) is 0. The highest BCUT2D eigenvalue weighted by Crippen LogP contribution is 2.18. The van der Waals surface area contributed by atoms with E-state index < -0.39 is 0 Å². The highest BCUT2D eigenvalue weighted by atomic mass is 32.2. The van der Waals surface area contributed by atoms with Gasteiger partial charge >= 0.3 is 0 Å². The molecule has 0 radical (unpaired) electrons. The van der Waals surface area contributed by atoms with Gasteiger partial charge in [-0.15, -0.1) is 0 Å². The van der Waals surface area contributed by atoms with Crippen molar-refractivity contribution >= 4 is 34.2 Å². The lowest BCUT2D eigenvalue weighted by Crippen LogP contribution is -2.38. The van der Waals surface area contributed by atoms with Crippen molar-refractivity contribution in [3.8, 4) is 0 Å². The Bertz CT molecular complexity index is 165. The van der Waals surface area contributed by atoms with E-state index in [1.54, 1.807) is 16.7 Å². The van der Waals surface area contributed by atoms with Crippen molar-refractivity contribution in [1.82, 2.24) is 4.90 Å². The summed E-state index contributed by atoms with van der Waals surface area (Å²) >= 11 is 6.64. The van der Waals surface area contributed by atoms with Crippen LogP contribution in [0.5, 0.6) is 0 Å². The summed E-state index contributed by atoms with van der Waals surface area (Å²) in [6.07, 6.45) is 1.62. The molecule has 1 aliphatic rings. The minimum absolute atomic E-state index is 0.190. The minimum Gasteiger partial charge on any atom is -0.298 e. The topological polar surface area (TPSA) is 20.3 Å². The van der Waals surface area contributed by atoms with Gasteiger partial charge in [0.1, 0.15) is 4.32 Å². The second-order valence-corrected chi connectivity index (χ2v) is 4.14. The number of carbonyl (C=O) groups excluding carboxylic acids is 1. The fourth-order valence-electron chi connectivity index (χ4n) is 0.980. The van der Waals surface area contributed by atoms with Crippen LogP contribution in [0.3, 0.4) is 0 Å². The standard InChI is InChI=1S/C7H11NOS2/c1-2-4-8-6(9)3-5-11-7(8)10/h2-5H2,1H3. The third kappa shape index (κ3) is 2.17. The van der Waals surface area contributed by atoms with E-state index in [2.05, 4.69) is 6.92 Å². The van der Waals surface area contributed by atoms with Crippen LogP contribution in [0.15, 0.2) is 0 Å². The highest BCUT2D eigenvalue weighted by molar-refractivity contribution is 8.23. The molecular weight excluding hydrogens is 178 g/mol. The first kappa shape index (κ1) is 9.00. The van der Waals surface area contributed by atoms with Crippen molar-refractivity contribution in [2.45, 2.75) is 19.8 Å². The van der Waals surface area contributed by atoms with Gasteiger partial charge in [0.25, 0.3) is 0 Å². The predicted octanol–water partition coefficient (Wildman–Crippen LogP) is 1.65. The van der Waals surface area contributed by atoms with Gasteiger partial charge in [0.05, 0.1) is 0 Å². The predicted molar refractivity (Wildman–Crippen MR) is 51.7 cm³/mol. The van der Waals surface area contributed by atoms with Crippen molar-refractivity contribution in [3.05, 3.63) is 0 Å². The fourth-order valence-corrected chi connectivity index (χ4v) is 2.22. The molecule has 2 nitrogen and oxygen atoms in total. The minimum atomic E-state index is 0.190. The monoisotopic (exact) mass is 189 g/mol. The molecule has 1 aliphatic heterocycles. The molecule has 0 spiro atoms. The molecule has 0 bridgehead atoms. The summed E-state index contributed by atoms with van der Waals surface area (Å²) in [5.41, 5.74) is 0. The summed E-state index contributed by atoms with van der Waals surface area (Å²) < 4.78 is 0.753. The van der Waals surface area contributed by atoms with Gasteiger partial charge in [0, 0.05) is 18.7 Å². The lowest BCUT2D eigenvalue weighted by molar-refractivity contribution is -0.126. The molecule has 0 aromatic heterocycles. The number of amides is 1. The van der Waals surface area contributed by atoms with Crippen LogP contribution in [-0.2, 0) is 4.79 Å². The molecule has 1 amide bonds. The molecule has 0 N–H and O–H groups in total. The smallest absolute Gasteiger partial charge is 0.228 e. The van der Waals surface area contributed by atoms with Gasteiger partial charge in [0.2, 0.25) is 5.91 Å². The maximum Gasteiger partial charge on any atom is 0.228 e. The number of rotatable bonds is 2. The van der Waals surface area contributed by atoms with Crippen LogP contribution in [-0.4, -0.2) is 27.4 Å². The van der Waals surface area contributed by atoms with Crippen molar-refractivity contribution in [1.29, 1.82) is 0 Å². The molecule has 11 heavy (non-hydrogen) atoms. The molecule has 1 fully saturated rings. The third-order valence-electron chi connectivity index (χ3n) is 1.51. The van der Waals surface area contributed by atoms with Gasteiger partial charge < -0.3 is 0 Å². The Hall–Kier alpha value is -0.0900. The summed E-state index contributed by atoms with van der Waals surface area (Å²) in [4.78, 5) is 12.9. The summed E-state index contributed by atoms with van der Waals surface area (Å²) in [7, 11) is 0. The molecule has 0 unspecified atom stereocenters. The van der Waals surface area contributed by atoms with Crippen LogP contribution in [0.25, 0.3) is 0 Å². The molecule has 0 atom stereocenters. The summed E-state index contributed by atoms with van der Waals surface area (Å²) in [5, 5.41) is 0. The fraction of sp³-hybridized carbons (Fsp3) is 0.714. The van der Waals surface area contributed by atoms with E-state index >= 15 is 0 Å². The number of hydrogen-bond acceptors (Lipinski definition) is 3. The van der Waals surface area contributed by atoms with Crippen LogP contribution < -0.4 is 0 Å². The maximum atomic E-state index is 11.2. The molecule has 0 saturated carbocycles. The van der Waals surface area contributed by atoms with E-state index in [-0.39, 0.29) is 5.91 Å². The molecule has 0 aromatic rings. The number of carbonyl (C=O) groups is 1. The van der Waals surface area contributed by atoms with Gasteiger partial charge in [-0.1, -0.05) is 30.9 Å². The van der Waals surface area contributed by atoms with Crippen molar-refractivity contribution in [2.75, 3.05) is 12.3 Å². The molecular formula is C7H11NOS2.